The van der Waals surface area contributed by atoms with Crippen molar-refractivity contribution >= 4 is 0 Å². The number of aromatic amines is 1. The van der Waals surface area contributed by atoms with Crippen LogP contribution >= 0.6 is 0 Å². The second kappa shape index (κ2) is 3.54. The topological polar surface area (TPSA) is 98.3 Å². The van der Waals surface area contributed by atoms with Gasteiger partial charge in [0.25, 0.3) is 0 Å². The van der Waals surface area contributed by atoms with Crippen molar-refractivity contribution in [1.29, 1.82) is 0 Å². The van der Waals surface area contributed by atoms with E-state index in [1.165, 1.54) is 6.33 Å². The zero-order valence-corrected chi connectivity index (χ0v) is 7.75. The highest BCUT2D eigenvalue weighted by Gasteiger charge is 2.12. The predicted molar refractivity (Wildman–Crippen MR) is 48.0 cm³/mol. The first-order valence-electron chi connectivity index (χ1n) is 4.21. The van der Waals surface area contributed by atoms with Crippen LogP contribution in [0.1, 0.15) is 17.6 Å². The lowest BCUT2D eigenvalue weighted by atomic mass is 10.1. The molecule has 2 heterocycles. The molecular weight excluding hydrogens is 182 g/mol. The van der Waals surface area contributed by atoms with Gasteiger partial charge in [0.1, 0.15) is 12.2 Å². The first-order valence-corrected chi connectivity index (χ1v) is 4.21. The molecule has 14 heavy (non-hydrogen) atoms. The second-order valence-electron chi connectivity index (χ2n) is 3.01. The van der Waals surface area contributed by atoms with E-state index in [0.29, 0.717) is 6.42 Å². The number of hydrogen-bond acceptors (Lipinski definition) is 5. The molecule has 0 aliphatic rings. The van der Waals surface area contributed by atoms with Crippen molar-refractivity contribution in [3.8, 4) is 0 Å². The summed E-state index contributed by atoms with van der Waals surface area (Å²) in [5, 5.41) is 14.1. The summed E-state index contributed by atoms with van der Waals surface area (Å²) in [5.74, 6) is 0.834. The number of nitrogens with two attached hydrogens (primary N) is 1. The Morgan fingerprint density at radius 1 is 1.64 bits per heavy atom. The maximum Gasteiger partial charge on any atom is 0.138 e. The molecule has 0 saturated heterocycles. The van der Waals surface area contributed by atoms with Crippen LogP contribution in [0.15, 0.2) is 12.5 Å². The van der Waals surface area contributed by atoms with E-state index in [9.17, 15) is 0 Å². The quantitative estimate of drug-likeness (QED) is 0.663. The molecule has 7 heteroatoms. The maximum atomic E-state index is 5.90. The van der Waals surface area contributed by atoms with Crippen molar-refractivity contribution in [3.05, 3.63) is 24.0 Å². The lowest BCUT2D eigenvalue weighted by molar-refractivity contribution is 0.617. The van der Waals surface area contributed by atoms with Gasteiger partial charge in [-0.05, 0) is 0 Å². The van der Waals surface area contributed by atoms with Crippen LogP contribution in [0.5, 0.6) is 0 Å². The van der Waals surface area contributed by atoms with Crippen LogP contribution in [0.25, 0.3) is 0 Å². The molecule has 7 nitrogen and oxygen atoms in total. The highest BCUT2D eigenvalue weighted by atomic mass is 15.3. The van der Waals surface area contributed by atoms with E-state index in [0.717, 1.165) is 11.5 Å². The Labute approximate surface area is 80.3 Å². The standard InChI is InChI=1S/C7H11N7/c1-14-7(9-4-11-14)2-5(8)6-3-10-13-12-6/h3-5H,2,8H2,1H3,(H,10,12,13). The molecule has 0 saturated carbocycles. The average molecular weight is 193 g/mol. The van der Waals surface area contributed by atoms with Gasteiger partial charge in [-0.15, -0.1) is 0 Å². The van der Waals surface area contributed by atoms with E-state index in [1.54, 1.807) is 10.9 Å². The molecule has 0 radical (unpaired) electrons. The normalized spacial score (nSPS) is 13.0. The predicted octanol–water partition coefficient (Wildman–Crippen LogP) is -0.824. The van der Waals surface area contributed by atoms with Gasteiger partial charge in [0.15, 0.2) is 0 Å². The van der Waals surface area contributed by atoms with Crippen molar-refractivity contribution in [3.63, 3.8) is 0 Å². The van der Waals surface area contributed by atoms with E-state index in [1.807, 2.05) is 7.05 Å². The molecule has 2 aromatic rings. The lowest BCUT2D eigenvalue weighted by Gasteiger charge is -2.06. The lowest BCUT2D eigenvalue weighted by Crippen LogP contribution is -2.16. The summed E-state index contributed by atoms with van der Waals surface area (Å²) < 4.78 is 1.69. The first-order chi connectivity index (χ1) is 6.77. The minimum absolute atomic E-state index is 0.198. The minimum Gasteiger partial charge on any atom is -0.322 e. The molecule has 2 rings (SSSR count). The van der Waals surface area contributed by atoms with Crippen molar-refractivity contribution in [2.24, 2.45) is 12.8 Å². The molecule has 1 unspecified atom stereocenters. The fraction of sp³-hybridized carbons (Fsp3) is 0.429. The second-order valence-corrected chi connectivity index (χ2v) is 3.01. The first kappa shape index (κ1) is 8.82. The number of nitrogens with zero attached hydrogens (tertiary/aromatic N) is 5. The van der Waals surface area contributed by atoms with Crippen LogP contribution in [0.3, 0.4) is 0 Å². The van der Waals surface area contributed by atoms with Gasteiger partial charge < -0.3 is 5.73 Å². The number of nitrogens with one attached hydrogen (secondary N) is 1. The van der Waals surface area contributed by atoms with Gasteiger partial charge in [-0.2, -0.15) is 20.5 Å². The molecule has 74 valence electrons. The van der Waals surface area contributed by atoms with Crippen LogP contribution in [0.4, 0.5) is 0 Å². The van der Waals surface area contributed by atoms with Crippen molar-refractivity contribution < 1.29 is 0 Å². The minimum atomic E-state index is -0.198. The number of hydrogen-bond donors (Lipinski definition) is 2. The number of aromatic nitrogens is 6. The van der Waals surface area contributed by atoms with Crippen LogP contribution < -0.4 is 5.73 Å². The van der Waals surface area contributed by atoms with Gasteiger partial charge in [0, 0.05) is 13.5 Å². The zero-order valence-electron chi connectivity index (χ0n) is 7.75. The summed E-state index contributed by atoms with van der Waals surface area (Å²) in [4.78, 5) is 4.08. The molecule has 0 spiro atoms. The molecular formula is C7H11N7. The van der Waals surface area contributed by atoms with Gasteiger partial charge in [-0.1, -0.05) is 0 Å². The maximum absolute atomic E-state index is 5.90. The van der Waals surface area contributed by atoms with Crippen molar-refractivity contribution in [1.82, 2.24) is 30.2 Å². The highest BCUT2D eigenvalue weighted by molar-refractivity contribution is 5.02. The molecule has 0 aliphatic carbocycles. The Morgan fingerprint density at radius 2 is 2.50 bits per heavy atom. The number of H-pyrrole nitrogens is 1. The Balaban J connectivity index is 2.09. The third-order valence-electron chi connectivity index (χ3n) is 2.02. The van der Waals surface area contributed by atoms with E-state index in [2.05, 4.69) is 25.5 Å². The van der Waals surface area contributed by atoms with Crippen LogP contribution in [0, 0.1) is 0 Å². The van der Waals surface area contributed by atoms with Gasteiger partial charge in [-0.25, -0.2) is 4.98 Å². The highest BCUT2D eigenvalue weighted by Crippen LogP contribution is 2.09. The van der Waals surface area contributed by atoms with Crippen LogP contribution in [-0.2, 0) is 13.5 Å². The van der Waals surface area contributed by atoms with E-state index in [4.69, 9.17) is 5.73 Å². The van der Waals surface area contributed by atoms with Gasteiger partial charge in [0.2, 0.25) is 0 Å². The number of rotatable bonds is 3. The molecule has 0 fully saturated rings. The molecule has 3 N–H and O–H groups in total. The summed E-state index contributed by atoms with van der Waals surface area (Å²) in [5.41, 5.74) is 6.63. The molecule has 0 aliphatic heterocycles. The van der Waals surface area contributed by atoms with E-state index >= 15 is 0 Å². The summed E-state index contributed by atoms with van der Waals surface area (Å²) >= 11 is 0. The van der Waals surface area contributed by atoms with Crippen molar-refractivity contribution in [2.75, 3.05) is 0 Å². The zero-order chi connectivity index (χ0) is 9.97. The molecule has 1 atom stereocenters. The van der Waals surface area contributed by atoms with E-state index in [-0.39, 0.29) is 6.04 Å². The number of aryl methyl sites for hydroxylation is 1. The molecule has 2 aromatic heterocycles. The summed E-state index contributed by atoms with van der Waals surface area (Å²) in [6.45, 7) is 0. The third kappa shape index (κ3) is 1.62. The monoisotopic (exact) mass is 193 g/mol. The Morgan fingerprint density at radius 3 is 3.07 bits per heavy atom. The molecule has 0 bridgehead atoms. The van der Waals surface area contributed by atoms with Crippen LogP contribution in [-0.4, -0.2) is 30.2 Å². The fourth-order valence-electron chi connectivity index (χ4n) is 1.20. The summed E-state index contributed by atoms with van der Waals surface area (Å²) in [6, 6.07) is -0.198. The Hall–Kier alpha value is -1.76. The summed E-state index contributed by atoms with van der Waals surface area (Å²) in [7, 11) is 1.83. The molecule has 0 amide bonds. The van der Waals surface area contributed by atoms with E-state index < -0.39 is 0 Å². The van der Waals surface area contributed by atoms with Crippen molar-refractivity contribution in [2.45, 2.75) is 12.5 Å². The molecule has 0 aromatic carbocycles. The summed E-state index contributed by atoms with van der Waals surface area (Å²) in [6.07, 6.45) is 3.72. The van der Waals surface area contributed by atoms with Gasteiger partial charge >= 0.3 is 0 Å². The SMILES string of the molecule is Cn1ncnc1CC(N)c1cn[nH]n1. The average Bonchev–Trinajstić information content (AvgIpc) is 2.77. The largest absolute Gasteiger partial charge is 0.322 e. The fourth-order valence-corrected chi connectivity index (χ4v) is 1.20. The third-order valence-corrected chi connectivity index (χ3v) is 2.02. The smallest absolute Gasteiger partial charge is 0.138 e. The van der Waals surface area contributed by atoms with Crippen LogP contribution in [0.2, 0.25) is 0 Å². The van der Waals surface area contributed by atoms with Gasteiger partial charge in [-0.3, -0.25) is 4.68 Å². The Kier molecular flexibility index (Phi) is 2.23. The Bertz CT molecular complexity index is 390. The van der Waals surface area contributed by atoms with Gasteiger partial charge in [0.05, 0.1) is 17.9 Å².